The molecule has 1 aromatic carbocycles. The minimum atomic E-state index is -3.79. The molecule has 0 aliphatic heterocycles. The molecule has 0 aromatic heterocycles. The van der Waals surface area contributed by atoms with Crippen LogP contribution in [0.1, 0.15) is 45.6 Å². The molecule has 0 saturated heterocycles. The number of aryl methyl sites for hydroxylation is 1. The van der Waals surface area contributed by atoms with Crippen molar-refractivity contribution in [1.82, 2.24) is 0 Å². The van der Waals surface area contributed by atoms with Crippen LogP contribution < -0.4 is 0 Å². The lowest BCUT2D eigenvalue weighted by molar-refractivity contribution is -0.128. The number of rotatable bonds is 4. The summed E-state index contributed by atoms with van der Waals surface area (Å²) in [5, 5.41) is 0. The SMILES string of the molecule is Cc1ccc(S(=O)(=O)OC[C@@]23CC[C@@](C)(C(=O)C2)C3(C)C)cc1. The van der Waals surface area contributed by atoms with Crippen molar-refractivity contribution in [3.63, 3.8) is 0 Å². The first kappa shape index (κ1) is 16.7. The van der Waals surface area contributed by atoms with Crippen molar-refractivity contribution in [2.45, 2.75) is 51.9 Å². The second-order valence-electron chi connectivity index (χ2n) is 7.87. The molecule has 2 aliphatic rings. The zero-order chi connectivity index (χ0) is 17.1. The summed E-state index contributed by atoms with van der Waals surface area (Å²) < 4.78 is 30.3. The standard InChI is InChI=1S/C18H24O4S/c1-13-5-7-14(8-6-13)23(20,21)22-12-18-10-9-17(4,15(19)11-18)16(18,2)3/h5-8H,9-12H2,1-4H3/t17-,18+/m0/s1. The predicted octanol–water partition coefficient (Wildman–Crippen LogP) is 3.49. The van der Waals surface area contributed by atoms with Crippen LogP contribution in [0.3, 0.4) is 0 Å². The van der Waals surface area contributed by atoms with Crippen LogP contribution in [0, 0.1) is 23.2 Å². The van der Waals surface area contributed by atoms with Gasteiger partial charge in [-0.2, -0.15) is 8.42 Å². The number of carbonyl (C=O) groups excluding carboxylic acids is 1. The van der Waals surface area contributed by atoms with E-state index in [-0.39, 0.29) is 33.5 Å². The van der Waals surface area contributed by atoms with Gasteiger partial charge in [-0.15, -0.1) is 0 Å². The van der Waals surface area contributed by atoms with Crippen LogP contribution in [-0.4, -0.2) is 20.8 Å². The number of carbonyl (C=O) groups is 1. The molecule has 4 nitrogen and oxygen atoms in total. The number of ketones is 1. The first-order chi connectivity index (χ1) is 10.5. The fourth-order valence-electron chi connectivity index (χ4n) is 4.27. The molecule has 3 rings (SSSR count). The van der Waals surface area contributed by atoms with Crippen molar-refractivity contribution in [2.75, 3.05) is 6.61 Å². The molecule has 0 N–H and O–H groups in total. The second-order valence-corrected chi connectivity index (χ2v) is 9.48. The van der Waals surface area contributed by atoms with E-state index in [0.717, 1.165) is 18.4 Å². The van der Waals surface area contributed by atoms with E-state index in [2.05, 4.69) is 13.8 Å². The van der Waals surface area contributed by atoms with Crippen molar-refractivity contribution in [1.29, 1.82) is 0 Å². The van der Waals surface area contributed by atoms with Gasteiger partial charge in [0, 0.05) is 17.3 Å². The Morgan fingerprint density at radius 1 is 1.09 bits per heavy atom. The van der Waals surface area contributed by atoms with Gasteiger partial charge in [0.1, 0.15) is 5.78 Å². The Morgan fingerprint density at radius 3 is 2.17 bits per heavy atom. The van der Waals surface area contributed by atoms with Crippen LogP contribution in [0.25, 0.3) is 0 Å². The largest absolute Gasteiger partial charge is 0.299 e. The quantitative estimate of drug-likeness (QED) is 0.790. The summed E-state index contributed by atoms with van der Waals surface area (Å²) in [4.78, 5) is 12.6. The molecule has 0 unspecified atom stereocenters. The maximum absolute atomic E-state index is 12.4. The number of benzene rings is 1. The Balaban J connectivity index is 1.83. The van der Waals surface area contributed by atoms with Crippen molar-refractivity contribution in [2.24, 2.45) is 16.2 Å². The predicted molar refractivity (Wildman–Crippen MR) is 87.5 cm³/mol. The van der Waals surface area contributed by atoms with E-state index in [0.29, 0.717) is 6.42 Å². The van der Waals surface area contributed by atoms with E-state index >= 15 is 0 Å². The number of Topliss-reactive ketones (excluding diaryl/α,β-unsaturated/α-hetero) is 1. The molecular formula is C18H24O4S. The van der Waals surface area contributed by atoms with E-state index in [1.165, 1.54) is 0 Å². The second kappa shape index (κ2) is 4.90. The maximum atomic E-state index is 12.4. The van der Waals surface area contributed by atoms with E-state index in [1.54, 1.807) is 24.3 Å². The van der Waals surface area contributed by atoms with Crippen LogP contribution >= 0.6 is 0 Å². The molecule has 126 valence electrons. The number of hydrogen-bond acceptors (Lipinski definition) is 4. The van der Waals surface area contributed by atoms with Crippen molar-refractivity contribution in [3.05, 3.63) is 29.8 Å². The molecule has 2 fully saturated rings. The van der Waals surface area contributed by atoms with Crippen LogP contribution in [0.15, 0.2) is 29.2 Å². The summed E-state index contributed by atoms with van der Waals surface area (Å²) >= 11 is 0. The Morgan fingerprint density at radius 2 is 1.70 bits per heavy atom. The Hall–Kier alpha value is -1.20. The monoisotopic (exact) mass is 336 g/mol. The Kier molecular flexibility index (Phi) is 3.55. The molecular weight excluding hydrogens is 312 g/mol. The molecule has 1 aromatic rings. The molecule has 0 spiro atoms. The van der Waals surface area contributed by atoms with Crippen molar-refractivity contribution >= 4 is 15.9 Å². The normalized spacial score (nSPS) is 32.4. The Bertz CT molecular complexity index is 748. The smallest absolute Gasteiger partial charge is 0.296 e. The van der Waals surface area contributed by atoms with Crippen molar-refractivity contribution < 1.29 is 17.4 Å². The Labute approximate surface area is 138 Å². The molecule has 5 heteroatoms. The first-order valence-corrected chi connectivity index (χ1v) is 9.44. The highest BCUT2D eigenvalue weighted by atomic mass is 32.2. The summed E-state index contributed by atoms with van der Waals surface area (Å²) in [5.41, 5.74) is 0.0112. The average Bonchev–Trinajstić information content (AvgIpc) is 2.76. The van der Waals surface area contributed by atoms with E-state index in [1.807, 2.05) is 13.8 Å². The van der Waals surface area contributed by atoms with E-state index in [9.17, 15) is 13.2 Å². The van der Waals surface area contributed by atoms with Gasteiger partial charge < -0.3 is 0 Å². The van der Waals surface area contributed by atoms with Crippen LogP contribution in [0.5, 0.6) is 0 Å². The van der Waals surface area contributed by atoms with Gasteiger partial charge in [-0.05, 0) is 37.3 Å². The van der Waals surface area contributed by atoms with Crippen molar-refractivity contribution in [3.8, 4) is 0 Å². The third kappa shape index (κ3) is 2.20. The third-order valence-corrected chi connectivity index (χ3v) is 8.00. The molecule has 2 bridgehead atoms. The minimum absolute atomic E-state index is 0.0809. The highest BCUT2D eigenvalue weighted by Gasteiger charge is 2.69. The zero-order valence-electron chi connectivity index (χ0n) is 14.2. The minimum Gasteiger partial charge on any atom is -0.299 e. The van der Waals surface area contributed by atoms with Crippen LogP contribution in [0.2, 0.25) is 0 Å². The van der Waals surface area contributed by atoms with Crippen LogP contribution in [-0.2, 0) is 19.1 Å². The molecule has 2 aliphatic carbocycles. The van der Waals surface area contributed by atoms with Gasteiger partial charge in [-0.1, -0.05) is 38.5 Å². The average molecular weight is 336 g/mol. The van der Waals surface area contributed by atoms with E-state index in [4.69, 9.17) is 4.18 Å². The summed E-state index contributed by atoms with van der Waals surface area (Å²) in [6.45, 7) is 8.15. The fraction of sp³-hybridized carbons (Fsp3) is 0.611. The number of hydrogen-bond donors (Lipinski definition) is 0. The highest BCUT2D eigenvalue weighted by molar-refractivity contribution is 7.86. The highest BCUT2D eigenvalue weighted by Crippen LogP contribution is 2.70. The molecule has 2 saturated carbocycles. The first-order valence-electron chi connectivity index (χ1n) is 8.04. The summed E-state index contributed by atoms with van der Waals surface area (Å²) in [7, 11) is -3.79. The van der Waals surface area contributed by atoms with Gasteiger partial charge in [0.2, 0.25) is 0 Å². The maximum Gasteiger partial charge on any atom is 0.296 e. The van der Waals surface area contributed by atoms with Gasteiger partial charge >= 0.3 is 0 Å². The van der Waals surface area contributed by atoms with Gasteiger partial charge in [0.25, 0.3) is 10.1 Å². The molecule has 0 amide bonds. The summed E-state index contributed by atoms with van der Waals surface area (Å²) in [6.07, 6.45) is 2.07. The topological polar surface area (TPSA) is 60.4 Å². The molecule has 2 atom stereocenters. The third-order valence-electron chi connectivity index (χ3n) is 6.72. The number of fused-ring (bicyclic) bond motifs is 2. The summed E-state index contributed by atoms with van der Waals surface area (Å²) in [5.74, 6) is 0.241. The van der Waals surface area contributed by atoms with Gasteiger partial charge in [0.05, 0.1) is 11.5 Å². The van der Waals surface area contributed by atoms with Gasteiger partial charge in [0.15, 0.2) is 0 Å². The lowest BCUT2D eigenvalue weighted by Crippen LogP contribution is -2.38. The fourth-order valence-corrected chi connectivity index (χ4v) is 5.25. The molecule has 0 heterocycles. The van der Waals surface area contributed by atoms with E-state index < -0.39 is 10.1 Å². The lowest BCUT2D eigenvalue weighted by Gasteiger charge is -2.39. The van der Waals surface area contributed by atoms with Gasteiger partial charge in [-0.3, -0.25) is 8.98 Å². The molecule has 23 heavy (non-hydrogen) atoms. The zero-order valence-corrected chi connectivity index (χ0v) is 15.0. The molecule has 0 radical (unpaired) electrons. The lowest BCUT2D eigenvalue weighted by atomic mass is 9.65. The van der Waals surface area contributed by atoms with Gasteiger partial charge in [-0.25, -0.2) is 0 Å². The van der Waals surface area contributed by atoms with Crippen LogP contribution in [0.4, 0.5) is 0 Å². The summed E-state index contributed by atoms with van der Waals surface area (Å²) in [6, 6.07) is 6.63.